The molecule has 3 nitrogen and oxygen atoms in total. The van der Waals surface area contributed by atoms with E-state index in [0.717, 1.165) is 30.4 Å². The Morgan fingerprint density at radius 1 is 1.38 bits per heavy atom. The smallest absolute Gasteiger partial charge is 0.168 e. The number of thioether (sulfide) groups is 1. The first-order valence-corrected chi connectivity index (χ1v) is 8.80. The molecule has 21 heavy (non-hydrogen) atoms. The summed E-state index contributed by atoms with van der Waals surface area (Å²) in [4.78, 5) is 8.40. The molecule has 0 unspecified atom stereocenters. The Hall–Kier alpha value is -1.46. The Kier molecular flexibility index (Phi) is 3.19. The zero-order chi connectivity index (χ0) is 14.4. The van der Waals surface area contributed by atoms with E-state index >= 15 is 0 Å². The van der Waals surface area contributed by atoms with Crippen molar-refractivity contribution >= 4 is 44.0 Å². The Labute approximate surface area is 132 Å². The van der Waals surface area contributed by atoms with Gasteiger partial charge in [-0.25, -0.2) is 0 Å². The number of rotatable bonds is 3. The van der Waals surface area contributed by atoms with Gasteiger partial charge >= 0.3 is 0 Å². The normalized spacial score (nSPS) is 17.6. The first-order valence-electron chi connectivity index (χ1n) is 7.10. The van der Waals surface area contributed by atoms with Crippen LogP contribution in [0.2, 0.25) is 0 Å². The van der Waals surface area contributed by atoms with Crippen LogP contribution in [0.25, 0.3) is 15.8 Å². The standard InChI is InChI=1S/C16H16N2OS2/c1-3-13-15(18-6-5-17-16(18)21-13)12-8-10(19-2)9-14-11(12)4-7-20-14/h4,7-9H,3,5-6H2,1-2H3. The molecule has 3 heterocycles. The monoisotopic (exact) mass is 316 g/mol. The van der Waals surface area contributed by atoms with Crippen molar-refractivity contribution in [2.75, 3.05) is 20.2 Å². The van der Waals surface area contributed by atoms with E-state index < -0.39 is 0 Å². The first kappa shape index (κ1) is 13.2. The first-order chi connectivity index (χ1) is 10.3. The van der Waals surface area contributed by atoms with Crippen molar-refractivity contribution in [2.24, 2.45) is 4.99 Å². The summed E-state index contributed by atoms with van der Waals surface area (Å²) in [5.41, 5.74) is 2.61. The molecule has 0 saturated heterocycles. The number of hydrogen-bond acceptors (Lipinski definition) is 5. The molecule has 1 aromatic carbocycles. The number of aliphatic imine (C=N–C) groups is 1. The van der Waals surface area contributed by atoms with Crippen LogP contribution in [0.5, 0.6) is 5.75 Å². The highest BCUT2D eigenvalue weighted by Crippen LogP contribution is 2.46. The van der Waals surface area contributed by atoms with Crippen molar-refractivity contribution in [3.8, 4) is 5.75 Å². The van der Waals surface area contributed by atoms with Crippen molar-refractivity contribution in [3.05, 3.63) is 34.0 Å². The fraction of sp³-hybridized carbons (Fsp3) is 0.312. The molecule has 108 valence electrons. The highest BCUT2D eigenvalue weighted by Gasteiger charge is 2.33. The van der Waals surface area contributed by atoms with E-state index in [2.05, 4.69) is 40.4 Å². The molecule has 0 N–H and O–H groups in total. The van der Waals surface area contributed by atoms with Crippen molar-refractivity contribution in [1.82, 2.24) is 4.90 Å². The van der Waals surface area contributed by atoms with E-state index in [-0.39, 0.29) is 0 Å². The average molecular weight is 316 g/mol. The Bertz CT molecular complexity index is 776. The van der Waals surface area contributed by atoms with Gasteiger partial charge < -0.3 is 9.64 Å². The van der Waals surface area contributed by atoms with Gasteiger partial charge in [-0.05, 0) is 30.0 Å². The van der Waals surface area contributed by atoms with E-state index in [9.17, 15) is 0 Å². The summed E-state index contributed by atoms with van der Waals surface area (Å²) in [7, 11) is 1.74. The van der Waals surface area contributed by atoms with Crippen LogP contribution < -0.4 is 4.74 Å². The summed E-state index contributed by atoms with van der Waals surface area (Å²) in [5.74, 6) is 0.928. The third-order valence-electron chi connectivity index (χ3n) is 3.91. The number of benzene rings is 1. The van der Waals surface area contributed by atoms with Gasteiger partial charge in [0, 0.05) is 27.1 Å². The SMILES string of the molecule is CCC1=C(c2cc(OC)cc3sccc23)N2CCN=C2S1. The second kappa shape index (κ2) is 5.07. The molecule has 0 amide bonds. The largest absolute Gasteiger partial charge is 0.497 e. The lowest BCUT2D eigenvalue weighted by Crippen LogP contribution is -2.20. The number of amidine groups is 1. The van der Waals surface area contributed by atoms with Crippen LogP contribution in [-0.4, -0.2) is 30.3 Å². The Morgan fingerprint density at radius 3 is 3.10 bits per heavy atom. The van der Waals surface area contributed by atoms with Gasteiger partial charge in [0.15, 0.2) is 5.17 Å². The summed E-state index contributed by atoms with van der Waals surface area (Å²) in [6, 6.07) is 6.50. The topological polar surface area (TPSA) is 24.8 Å². The molecule has 5 heteroatoms. The predicted molar refractivity (Wildman–Crippen MR) is 92.2 cm³/mol. The zero-order valence-corrected chi connectivity index (χ0v) is 13.7. The van der Waals surface area contributed by atoms with Crippen LogP contribution in [-0.2, 0) is 0 Å². The number of methoxy groups -OCH3 is 1. The zero-order valence-electron chi connectivity index (χ0n) is 12.0. The summed E-state index contributed by atoms with van der Waals surface area (Å²) < 4.78 is 6.78. The molecule has 1 aromatic heterocycles. The van der Waals surface area contributed by atoms with Crippen molar-refractivity contribution in [2.45, 2.75) is 13.3 Å². The van der Waals surface area contributed by atoms with Crippen LogP contribution in [0.3, 0.4) is 0 Å². The van der Waals surface area contributed by atoms with Gasteiger partial charge in [-0.3, -0.25) is 4.99 Å². The van der Waals surface area contributed by atoms with Crippen LogP contribution >= 0.6 is 23.1 Å². The molecular weight excluding hydrogens is 300 g/mol. The van der Waals surface area contributed by atoms with Crippen molar-refractivity contribution < 1.29 is 4.74 Å². The number of thiophene rings is 1. The lowest BCUT2D eigenvalue weighted by Gasteiger charge is -2.19. The fourth-order valence-electron chi connectivity index (χ4n) is 2.93. The van der Waals surface area contributed by atoms with Gasteiger partial charge in [0.2, 0.25) is 0 Å². The van der Waals surface area contributed by atoms with Gasteiger partial charge in [-0.15, -0.1) is 11.3 Å². The maximum atomic E-state index is 5.50. The summed E-state index contributed by atoms with van der Waals surface area (Å²) >= 11 is 3.59. The summed E-state index contributed by atoms with van der Waals surface area (Å²) in [6.45, 7) is 4.11. The van der Waals surface area contributed by atoms with Crippen molar-refractivity contribution in [1.29, 1.82) is 0 Å². The maximum absolute atomic E-state index is 5.50. The summed E-state index contributed by atoms with van der Waals surface area (Å²) in [6.07, 6.45) is 1.04. The molecule has 0 fully saturated rings. The fourth-order valence-corrected chi connectivity index (χ4v) is 4.90. The Morgan fingerprint density at radius 2 is 2.29 bits per heavy atom. The molecule has 2 aliphatic heterocycles. The second-order valence-electron chi connectivity index (χ2n) is 5.05. The van der Waals surface area contributed by atoms with Gasteiger partial charge in [-0.2, -0.15) is 0 Å². The number of allylic oxidation sites excluding steroid dienone is 1. The number of ether oxygens (including phenoxy) is 1. The molecule has 0 aliphatic carbocycles. The third kappa shape index (κ3) is 1.99. The van der Waals surface area contributed by atoms with E-state index in [1.807, 2.05) is 11.8 Å². The Balaban J connectivity index is 1.96. The number of hydrogen-bond donors (Lipinski definition) is 0. The lowest BCUT2D eigenvalue weighted by atomic mass is 10.0. The molecule has 0 atom stereocenters. The van der Waals surface area contributed by atoms with E-state index in [1.54, 1.807) is 18.4 Å². The van der Waals surface area contributed by atoms with Crippen LogP contribution in [0.15, 0.2) is 33.5 Å². The summed E-state index contributed by atoms with van der Waals surface area (Å²) in [5, 5.41) is 4.63. The molecule has 2 aromatic rings. The van der Waals surface area contributed by atoms with Gasteiger partial charge in [0.05, 0.1) is 19.4 Å². The molecular formula is C16H16N2OS2. The lowest BCUT2D eigenvalue weighted by molar-refractivity contribution is 0.415. The van der Waals surface area contributed by atoms with Gasteiger partial charge in [-0.1, -0.05) is 18.7 Å². The van der Waals surface area contributed by atoms with Gasteiger partial charge in [0.25, 0.3) is 0 Å². The minimum absolute atomic E-state index is 0.902. The van der Waals surface area contributed by atoms with Crippen LogP contribution in [0.4, 0.5) is 0 Å². The second-order valence-corrected chi connectivity index (χ2v) is 7.06. The van der Waals surface area contributed by atoms with Crippen LogP contribution in [0, 0.1) is 0 Å². The van der Waals surface area contributed by atoms with Crippen LogP contribution in [0.1, 0.15) is 18.9 Å². The number of fused-ring (bicyclic) bond motifs is 2. The maximum Gasteiger partial charge on any atom is 0.168 e. The molecule has 0 radical (unpaired) electrons. The highest BCUT2D eigenvalue weighted by molar-refractivity contribution is 8.17. The van der Waals surface area contributed by atoms with E-state index in [0.29, 0.717) is 0 Å². The van der Waals surface area contributed by atoms with E-state index in [1.165, 1.54) is 26.3 Å². The molecule has 4 rings (SSSR count). The quantitative estimate of drug-likeness (QED) is 0.838. The third-order valence-corrected chi connectivity index (χ3v) is 6.03. The number of nitrogens with zero attached hydrogens (tertiary/aromatic N) is 2. The highest BCUT2D eigenvalue weighted by atomic mass is 32.2. The van der Waals surface area contributed by atoms with E-state index in [4.69, 9.17) is 4.74 Å². The van der Waals surface area contributed by atoms with Gasteiger partial charge in [0.1, 0.15) is 5.75 Å². The van der Waals surface area contributed by atoms with Crippen molar-refractivity contribution in [3.63, 3.8) is 0 Å². The molecule has 0 spiro atoms. The molecule has 0 bridgehead atoms. The minimum Gasteiger partial charge on any atom is -0.497 e. The average Bonchev–Trinajstić information content (AvgIpc) is 3.20. The molecule has 0 saturated carbocycles. The minimum atomic E-state index is 0.902. The predicted octanol–water partition coefficient (Wildman–Crippen LogP) is 4.41. The molecule has 2 aliphatic rings.